The number of methoxy groups -OCH3 is 1. The number of allylic oxidation sites excluding steroid dienone is 1. The van der Waals surface area contributed by atoms with Crippen LogP contribution in [0.1, 0.15) is 34.6 Å². The molecule has 0 radical (unpaired) electrons. The molecule has 13 heteroatoms. The lowest BCUT2D eigenvalue weighted by atomic mass is 9.95. The quantitative estimate of drug-likeness (QED) is 0.282. The van der Waals surface area contributed by atoms with E-state index in [0.717, 1.165) is 4.57 Å². The van der Waals surface area contributed by atoms with Crippen LogP contribution >= 0.6 is 22.9 Å². The van der Waals surface area contributed by atoms with E-state index in [1.54, 1.807) is 36.4 Å². The lowest BCUT2D eigenvalue weighted by Crippen LogP contribution is -2.41. The highest BCUT2D eigenvalue weighted by atomic mass is 35.5. The van der Waals surface area contributed by atoms with Crippen molar-refractivity contribution in [3.8, 4) is 11.3 Å². The maximum absolute atomic E-state index is 14.2. The topological polar surface area (TPSA) is 100 Å². The van der Waals surface area contributed by atoms with E-state index in [1.165, 1.54) is 44.4 Å². The highest BCUT2D eigenvalue weighted by Gasteiger charge is 2.45. The molecular formula is C29H20ClF3N2O6S. The van der Waals surface area contributed by atoms with Gasteiger partial charge in [-0.2, -0.15) is 13.2 Å². The summed E-state index contributed by atoms with van der Waals surface area (Å²) in [6.45, 7) is 1.27. The molecule has 1 aliphatic heterocycles. The van der Waals surface area contributed by atoms with Crippen molar-refractivity contribution < 1.29 is 36.7 Å². The first-order valence-corrected chi connectivity index (χ1v) is 13.6. The predicted molar refractivity (Wildman–Crippen MR) is 148 cm³/mol. The molecule has 0 unspecified atom stereocenters. The first-order chi connectivity index (χ1) is 20.0. The van der Waals surface area contributed by atoms with Crippen LogP contribution in [0.5, 0.6) is 0 Å². The van der Waals surface area contributed by atoms with E-state index in [1.807, 2.05) is 0 Å². The molecule has 4 aromatic rings. The summed E-state index contributed by atoms with van der Waals surface area (Å²) in [5.74, 6) is -1.17. The number of thiazole rings is 1. The molecule has 0 bridgehead atoms. The van der Waals surface area contributed by atoms with Crippen LogP contribution in [0.3, 0.4) is 0 Å². The average Bonchev–Trinajstić information content (AvgIpc) is 3.56. The Morgan fingerprint density at radius 2 is 1.86 bits per heavy atom. The largest absolute Gasteiger partial charge is 0.465 e. The SMILES string of the molecule is CCOC(=O)C1=C(C(F)(F)F)N=c2s/c(=C\c3ccc(-c4cccc(C(=O)OC)c4)o3)c(=O)n2[C@@H]1c1ccc(Cl)cc1. The lowest BCUT2D eigenvalue weighted by molar-refractivity contribution is -0.140. The lowest BCUT2D eigenvalue weighted by Gasteiger charge is -2.26. The molecule has 42 heavy (non-hydrogen) atoms. The second-order valence-electron chi connectivity index (χ2n) is 8.89. The molecule has 1 aliphatic rings. The van der Waals surface area contributed by atoms with Gasteiger partial charge in [0, 0.05) is 16.7 Å². The molecule has 0 N–H and O–H groups in total. The number of hydrogen-bond acceptors (Lipinski definition) is 8. The fraction of sp³-hybridized carbons (Fsp3) is 0.172. The predicted octanol–water partition coefficient (Wildman–Crippen LogP) is 5.04. The van der Waals surface area contributed by atoms with E-state index in [9.17, 15) is 27.6 Å². The van der Waals surface area contributed by atoms with Crippen LogP contribution in [0.2, 0.25) is 5.02 Å². The van der Waals surface area contributed by atoms with Gasteiger partial charge in [-0.1, -0.05) is 47.2 Å². The van der Waals surface area contributed by atoms with Crippen LogP contribution in [-0.4, -0.2) is 36.4 Å². The summed E-state index contributed by atoms with van der Waals surface area (Å²) in [7, 11) is 1.26. The molecule has 0 amide bonds. The van der Waals surface area contributed by atoms with E-state index in [2.05, 4.69) is 4.99 Å². The standard InChI is InChI=1S/C29H20ClF3N2O6S/c1-3-40-27(38)22-23(15-7-9-18(30)10-8-15)35-25(36)21(42-28(35)34-24(22)29(31,32)33)14-19-11-12-20(41-19)16-5-4-6-17(13-16)26(37)39-2/h4-14,23H,3H2,1-2H3/b21-14-/t23-/m1/s1. The van der Waals surface area contributed by atoms with Crippen LogP contribution < -0.4 is 14.9 Å². The number of hydrogen-bond donors (Lipinski definition) is 0. The summed E-state index contributed by atoms with van der Waals surface area (Å²) in [5.41, 5.74) is -1.86. The van der Waals surface area contributed by atoms with Gasteiger partial charge >= 0.3 is 18.1 Å². The molecule has 3 heterocycles. The molecule has 0 aliphatic carbocycles. The Balaban J connectivity index is 1.67. The zero-order valence-electron chi connectivity index (χ0n) is 21.9. The van der Waals surface area contributed by atoms with Crippen LogP contribution in [0.15, 0.2) is 86.1 Å². The molecule has 2 aromatic heterocycles. The van der Waals surface area contributed by atoms with Crippen molar-refractivity contribution in [3.63, 3.8) is 0 Å². The number of halogens is 4. The van der Waals surface area contributed by atoms with Crippen molar-refractivity contribution in [1.82, 2.24) is 4.57 Å². The Bertz CT molecular complexity index is 1900. The van der Waals surface area contributed by atoms with E-state index in [0.29, 0.717) is 33.2 Å². The van der Waals surface area contributed by atoms with Gasteiger partial charge in [0.05, 0.1) is 35.4 Å². The highest BCUT2D eigenvalue weighted by molar-refractivity contribution is 7.07. The summed E-state index contributed by atoms with van der Waals surface area (Å²) in [6.07, 6.45) is -3.64. The third-order valence-corrected chi connectivity index (χ3v) is 7.48. The Labute approximate surface area is 244 Å². The Hall–Kier alpha value is -4.42. The number of fused-ring (bicyclic) bond motifs is 1. The fourth-order valence-corrected chi connectivity index (χ4v) is 5.54. The summed E-state index contributed by atoms with van der Waals surface area (Å²) in [6, 6.07) is 14.0. The monoisotopic (exact) mass is 616 g/mol. The Kier molecular flexibility index (Phi) is 7.93. The normalized spacial score (nSPS) is 15.3. The third-order valence-electron chi connectivity index (χ3n) is 6.25. The molecule has 0 spiro atoms. The maximum atomic E-state index is 14.2. The summed E-state index contributed by atoms with van der Waals surface area (Å²) in [5, 5.41) is 0.314. The number of esters is 2. The second-order valence-corrected chi connectivity index (χ2v) is 10.3. The number of carbonyl (C=O) groups is 2. The van der Waals surface area contributed by atoms with E-state index in [-0.39, 0.29) is 27.3 Å². The van der Waals surface area contributed by atoms with Gasteiger partial charge in [0.1, 0.15) is 11.5 Å². The molecule has 0 fully saturated rings. The second kappa shape index (κ2) is 11.5. The minimum atomic E-state index is -5.02. The van der Waals surface area contributed by atoms with Crippen molar-refractivity contribution in [2.45, 2.75) is 19.1 Å². The molecule has 5 rings (SSSR count). The number of aromatic nitrogens is 1. The van der Waals surface area contributed by atoms with Crippen LogP contribution in [-0.2, 0) is 14.3 Å². The maximum Gasteiger partial charge on any atom is 0.434 e. The van der Waals surface area contributed by atoms with Crippen molar-refractivity contribution in [1.29, 1.82) is 0 Å². The number of carbonyl (C=O) groups excluding carboxylic acids is 2. The number of ether oxygens (including phenoxy) is 2. The molecule has 0 saturated heterocycles. The number of furan rings is 1. The number of benzene rings is 2. The first-order valence-electron chi connectivity index (χ1n) is 12.4. The van der Waals surface area contributed by atoms with Crippen molar-refractivity contribution >= 4 is 41.0 Å². The van der Waals surface area contributed by atoms with E-state index in [4.69, 9.17) is 25.5 Å². The van der Waals surface area contributed by atoms with Gasteiger partial charge in [0.15, 0.2) is 10.5 Å². The van der Waals surface area contributed by atoms with Gasteiger partial charge in [-0.3, -0.25) is 9.36 Å². The molecule has 1 atom stereocenters. The van der Waals surface area contributed by atoms with E-state index >= 15 is 0 Å². The van der Waals surface area contributed by atoms with Gasteiger partial charge in [-0.05, 0) is 48.9 Å². The van der Waals surface area contributed by atoms with Crippen molar-refractivity contribution in [3.05, 3.63) is 114 Å². The Morgan fingerprint density at radius 3 is 2.52 bits per heavy atom. The van der Waals surface area contributed by atoms with Crippen LogP contribution in [0.25, 0.3) is 17.4 Å². The molecule has 2 aromatic carbocycles. The third kappa shape index (κ3) is 5.55. The first kappa shape index (κ1) is 29.1. The van der Waals surface area contributed by atoms with Gasteiger partial charge in [-0.25, -0.2) is 14.6 Å². The van der Waals surface area contributed by atoms with Crippen molar-refractivity contribution in [2.24, 2.45) is 4.99 Å². The van der Waals surface area contributed by atoms with Gasteiger partial charge < -0.3 is 13.9 Å². The average molecular weight is 617 g/mol. The molecular weight excluding hydrogens is 597 g/mol. The molecule has 216 valence electrons. The zero-order valence-corrected chi connectivity index (χ0v) is 23.5. The smallest absolute Gasteiger partial charge is 0.434 e. The van der Waals surface area contributed by atoms with E-state index < -0.39 is 41.0 Å². The van der Waals surface area contributed by atoms with Gasteiger partial charge in [-0.15, -0.1) is 0 Å². The number of rotatable bonds is 6. The minimum absolute atomic E-state index is 0.0172. The molecule has 8 nitrogen and oxygen atoms in total. The Morgan fingerprint density at radius 1 is 1.12 bits per heavy atom. The highest BCUT2D eigenvalue weighted by Crippen LogP contribution is 2.38. The summed E-state index contributed by atoms with van der Waals surface area (Å²) < 4.78 is 59.4. The fourth-order valence-electron chi connectivity index (χ4n) is 4.43. The number of alkyl halides is 3. The van der Waals surface area contributed by atoms with Crippen LogP contribution in [0.4, 0.5) is 13.2 Å². The zero-order chi connectivity index (χ0) is 30.2. The summed E-state index contributed by atoms with van der Waals surface area (Å²) in [4.78, 5) is 42.0. The summed E-state index contributed by atoms with van der Waals surface area (Å²) >= 11 is 6.71. The minimum Gasteiger partial charge on any atom is -0.465 e. The van der Waals surface area contributed by atoms with Crippen molar-refractivity contribution in [2.75, 3.05) is 13.7 Å². The van der Waals surface area contributed by atoms with Gasteiger partial charge in [0.2, 0.25) is 0 Å². The number of nitrogens with zero attached hydrogens (tertiary/aromatic N) is 2. The van der Waals surface area contributed by atoms with Gasteiger partial charge in [0.25, 0.3) is 5.56 Å². The van der Waals surface area contributed by atoms with Crippen LogP contribution in [0, 0.1) is 0 Å². The molecule has 0 saturated carbocycles.